The number of aromatic nitrogens is 2. The molecule has 1 heterocycles. The van der Waals surface area contributed by atoms with Crippen molar-refractivity contribution in [1.82, 2.24) is 9.78 Å². The van der Waals surface area contributed by atoms with Crippen LogP contribution in [0.1, 0.15) is 18.1 Å². The summed E-state index contributed by atoms with van der Waals surface area (Å²) in [6, 6.07) is 14.5. The maximum Gasteiger partial charge on any atom is 0.416 e. The molecular weight excluding hydrogens is 415 g/mol. The first-order chi connectivity index (χ1) is 14.1. The highest BCUT2D eigenvalue weighted by molar-refractivity contribution is 8.00. The Morgan fingerprint density at radius 3 is 2.47 bits per heavy atom. The van der Waals surface area contributed by atoms with Gasteiger partial charge in [-0.05, 0) is 50.2 Å². The molecule has 1 amide bonds. The molecule has 2 aromatic carbocycles. The van der Waals surface area contributed by atoms with E-state index in [0.717, 1.165) is 29.5 Å². The molecule has 3 aromatic rings. The molecule has 30 heavy (non-hydrogen) atoms. The maximum atomic E-state index is 12.8. The number of hydrogen-bond donors (Lipinski definition) is 1. The number of amides is 1. The van der Waals surface area contributed by atoms with Gasteiger partial charge in [-0.1, -0.05) is 35.5 Å². The van der Waals surface area contributed by atoms with Crippen LogP contribution >= 0.6 is 11.8 Å². The smallest absolute Gasteiger partial charge is 0.325 e. The fraction of sp³-hybridized carbons (Fsp3) is 0.190. The van der Waals surface area contributed by atoms with Crippen LogP contribution in [-0.4, -0.2) is 20.9 Å². The fourth-order valence-electron chi connectivity index (χ4n) is 2.58. The normalized spacial score (nSPS) is 12.4. The van der Waals surface area contributed by atoms with Gasteiger partial charge in [0.25, 0.3) is 5.56 Å². The van der Waals surface area contributed by atoms with Crippen LogP contribution in [0.4, 0.5) is 18.9 Å². The zero-order valence-electron chi connectivity index (χ0n) is 16.1. The molecular formula is C21H18F3N3O2S. The van der Waals surface area contributed by atoms with E-state index in [0.29, 0.717) is 10.7 Å². The Morgan fingerprint density at radius 1 is 1.10 bits per heavy atom. The van der Waals surface area contributed by atoms with E-state index in [1.54, 1.807) is 19.1 Å². The van der Waals surface area contributed by atoms with Crippen molar-refractivity contribution in [3.8, 4) is 5.69 Å². The summed E-state index contributed by atoms with van der Waals surface area (Å²) in [5.41, 5.74) is 0.530. The quantitative estimate of drug-likeness (QED) is 0.594. The zero-order valence-corrected chi connectivity index (χ0v) is 16.9. The second kappa shape index (κ2) is 8.74. The molecule has 0 spiro atoms. The van der Waals surface area contributed by atoms with Gasteiger partial charge in [0.1, 0.15) is 5.03 Å². The van der Waals surface area contributed by atoms with E-state index < -0.39 is 22.9 Å². The number of thioether (sulfide) groups is 1. The van der Waals surface area contributed by atoms with E-state index in [1.165, 1.54) is 28.9 Å². The molecule has 5 nitrogen and oxygen atoms in total. The molecule has 0 aliphatic carbocycles. The van der Waals surface area contributed by atoms with Crippen LogP contribution in [0.15, 0.2) is 70.5 Å². The van der Waals surface area contributed by atoms with Gasteiger partial charge in [-0.25, -0.2) is 0 Å². The van der Waals surface area contributed by atoms with E-state index in [2.05, 4.69) is 10.4 Å². The minimum Gasteiger partial charge on any atom is -0.325 e. The summed E-state index contributed by atoms with van der Waals surface area (Å²) < 4.78 is 39.7. The van der Waals surface area contributed by atoms with Crippen molar-refractivity contribution < 1.29 is 18.0 Å². The summed E-state index contributed by atoms with van der Waals surface area (Å²) in [6.07, 6.45) is -4.49. The van der Waals surface area contributed by atoms with Crippen LogP contribution in [0.3, 0.4) is 0 Å². The standard InChI is InChI=1S/C21H18F3N3O2S/c1-13-6-8-17(9-7-13)27-19(28)11-10-18(26-27)30-14(2)20(29)25-16-5-3-4-15(12-16)21(22,23)24/h3-12,14H,1-2H3,(H,25,29)/t14-/m0/s1. The summed E-state index contributed by atoms with van der Waals surface area (Å²) in [7, 11) is 0. The van der Waals surface area contributed by atoms with E-state index in [1.807, 2.05) is 19.1 Å². The van der Waals surface area contributed by atoms with Crippen LogP contribution in [0.5, 0.6) is 0 Å². The number of nitrogens with one attached hydrogen (secondary N) is 1. The van der Waals surface area contributed by atoms with Crippen molar-refractivity contribution in [3.63, 3.8) is 0 Å². The van der Waals surface area contributed by atoms with Crippen LogP contribution in [0.25, 0.3) is 5.69 Å². The molecule has 0 unspecified atom stereocenters. The summed E-state index contributed by atoms with van der Waals surface area (Å²) in [4.78, 5) is 24.6. The van der Waals surface area contributed by atoms with Crippen molar-refractivity contribution in [2.24, 2.45) is 0 Å². The van der Waals surface area contributed by atoms with Crippen LogP contribution in [0, 0.1) is 6.92 Å². The largest absolute Gasteiger partial charge is 0.416 e. The molecule has 0 saturated carbocycles. The number of rotatable bonds is 5. The molecule has 1 atom stereocenters. The van der Waals surface area contributed by atoms with Crippen LogP contribution in [-0.2, 0) is 11.0 Å². The second-order valence-electron chi connectivity index (χ2n) is 6.59. The number of halogens is 3. The predicted octanol–water partition coefficient (Wildman–Crippen LogP) is 4.68. The molecule has 0 aliphatic rings. The zero-order chi connectivity index (χ0) is 21.9. The number of alkyl halides is 3. The van der Waals surface area contributed by atoms with Crippen LogP contribution in [0.2, 0.25) is 0 Å². The molecule has 1 N–H and O–H groups in total. The number of carbonyl (C=O) groups is 1. The molecule has 0 saturated heterocycles. The van der Waals surface area contributed by atoms with E-state index in [9.17, 15) is 22.8 Å². The first kappa shape index (κ1) is 21.6. The van der Waals surface area contributed by atoms with Gasteiger partial charge in [0.05, 0.1) is 16.5 Å². The predicted molar refractivity (Wildman–Crippen MR) is 110 cm³/mol. The number of carbonyl (C=O) groups excluding carboxylic acids is 1. The molecule has 0 bridgehead atoms. The minimum absolute atomic E-state index is 0.0554. The van der Waals surface area contributed by atoms with Gasteiger partial charge in [0.2, 0.25) is 5.91 Å². The SMILES string of the molecule is Cc1ccc(-n2nc(S[C@@H](C)C(=O)Nc3cccc(C(F)(F)F)c3)ccc2=O)cc1. The highest BCUT2D eigenvalue weighted by Crippen LogP contribution is 2.31. The lowest BCUT2D eigenvalue weighted by Gasteiger charge is -2.14. The highest BCUT2D eigenvalue weighted by atomic mass is 32.2. The monoisotopic (exact) mass is 433 g/mol. The summed E-state index contributed by atoms with van der Waals surface area (Å²) in [5, 5.41) is 6.54. The minimum atomic E-state index is -4.49. The Bertz CT molecular complexity index is 1110. The van der Waals surface area contributed by atoms with E-state index in [-0.39, 0.29) is 11.2 Å². The van der Waals surface area contributed by atoms with Gasteiger partial charge in [-0.15, -0.1) is 0 Å². The number of aryl methyl sites for hydroxylation is 1. The van der Waals surface area contributed by atoms with Crippen molar-refractivity contribution in [2.45, 2.75) is 30.3 Å². The van der Waals surface area contributed by atoms with Gasteiger partial charge in [0.15, 0.2) is 0 Å². The lowest BCUT2D eigenvalue weighted by molar-refractivity contribution is -0.137. The van der Waals surface area contributed by atoms with Gasteiger partial charge in [-0.3, -0.25) is 9.59 Å². The average Bonchev–Trinajstić information content (AvgIpc) is 2.69. The summed E-state index contributed by atoms with van der Waals surface area (Å²) in [5.74, 6) is -0.478. The Hall–Kier alpha value is -3.07. The molecule has 0 aliphatic heterocycles. The Labute approximate surface area is 174 Å². The van der Waals surface area contributed by atoms with Gasteiger partial charge >= 0.3 is 6.18 Å². The molecule has 0 radical (unpaired) electrons. The third-order valence-electron chi connectivity index (χ3n) is 4.18. The van der Waals surface area contributed by atoms with Crippen molar-refractivity contribution >= 4 is 23.4 Å². The first-order valence-corrected chi connectivity index (χ1v) is 9.83. The lowest BCUT2D eigenvalue weighted by Crippen LogP contribution is -2.24. The van der Waals surface area contributed by atoms with Crippen LogP contribution < -0.4 is 10.9 Å². The third kappa shape index (κ3) is 5.29. The molecule has 1 aromatic heterocycles. The Kier molecular flexibility index (Phi) is 6.31. The highest BCUT2D eigenvalue weighted by Gasteiger charge is 2.30. The van der Waals surface area contributed by atoms with Gasteiger partial charge in [-0.2, -0.15) is 23.0 Å². The van der Waals surface area contributed by atoms with Gasteiger partial charge in [0, 0.05) is 11.8 Å². The van der Waals surface area contributed by atoms with Crippen molar-refractivity contribution in [1.29, 1.82) is 0 Å². The molecule has 3 rings (SSSR count). The molecule has 156 valence electrons. The lowest BCUT2D eigenvalue weighted by atomic mass is 10.2. The summed E-state index contributed by atoms with van der Waals surface area (Å²) in [6.45, 7) is 3.54. The van der Waals surface area contributed by atoms with Crippen molar-refractivity contribution in [3.05, 3.63) is 82.1 Å². The van der Waals surface area contributed by atoms with E-state index in [4.69, 9.17) is 0 Å². The van der Waals surface area contributed by atoms with Gasteiger partial charge < -0.3 is 5.32 Å². The maximum absolute atomic E-state index is 12.8. The topological polar surface area (TPSA) is 64.0 Å². The van der Waals surface area contributed by atoms with Crippen molar-refractivity contribution in [2.75, 3.05) is 5.32 Å². The second-order valence-corrected chi connectivity index (χ2v) is 7.95. The Morgan fingerprint density at radius 2 is 1.80 bits per heavy atom. The number of nitrogens with zero attached hydrogens (tertiary/aromatic N) is 2. The molecule has 0 fully saturated rings. The fourth-order valence-corrected chi connectivity index (χ4v) is 3.38. The van der Waals surface area contributed by atoms with E-state index >= 15 is 0 Å². The number of hydrogen-bond acceptors (Lipinski definition) is 4. The number of anilines is 1. The number of benzene rings is 2. The third-order valence-corrected chi connectivity index (χ3v) is 5.21. The first-order valence-electron chi connectivity index (χ1n) is 8.96. The Balaban J connectivity index is 1.73. The molecule has 9 heteroatoms. The average molecular weight is 433 g/mol. The summed E-state index contributed by atoms with van der Waals surface area (Å²) >= 11 is 1.10.